The minimum absolute atomic E-state index is 0.00827. The van der Waals surface area contributed by atoms with Gasteiger partial charge in [-0.1, -0.05) is 12.1 Å². The van der Waals surface area contributed by atoms with Crippen LogP contribution >= 0.6 is 0 Å². The molecule has 7 heteroatoms. The van der Waals surface area contributed by atoms with E-state index in [4.69, 9.17) is 9.47 Å². The molecular weight excluding hydrogens is 358 g/mol. The first-order valence-corrected chi connectivity index (χ1v) is 10.4. The van der Waals surface area contributed by atoms with Gasteiger partial charge >= 0.3 is 5.97 Å². The summed E-state index contributed by atoms with van der Waals surface area (Å²) in [6.07, 6.45) is 1.81. The molecule has 3 rings (SSSR count). The van der Waals surface area contributed by atoms with Crippen LogP contribution in [-0.2, 0) is 25.6 Å². The number of quaternary nitrogens is 2. The van der Waals surface area contributed by atoms with Crippen LogP contribution in [0.15, 0.2) is 24.3 Å². The van der Waals surface area contributed by atoms with Crippen molar-refractivity contribution >= 4 is 17.6 Å². The standard InChI is InChI=1S/C21H31N3O4/c1-2-28-21(26)18-4-3-9-24(15-18)16-20(25)22-19-7-5-17(6-8-19)14-23-10-12-27-13-11-23/h5-8,18H,2-4,9-16H2,1H3,(H,22,25)/p+2/t18-/m0/s1. The van der Waals surface area contributed by atoms with Crippen LogP contribution in [0.4, 0.5) is 5.69 Å². The monoisotopic (exact) mass is 391 g/mol. The SMILES string of the molecule is CCOC(=O)[C@H]1CCC[NH+](CC(=O)Nc2ccc(C[NH+]3CCOCC3)cc2)C1. The second-order valence-electron chi connectivity index (χ2n) is 7.76. The number of benzene rings is 1. The molecule has 1 aromatic rings. The molecule has 0 bridgehead atoms. The van der Waals surface area contributed by atoms with Gasteiger partial charge in [-0.3, -0.25) is 9.59 Å². The second kappa shape index (κ2) is 10.5. The zero-order valence-corrected chi connectivity index (χ0v) is 16.8. The number of hydrogen-bond acceptors (Lipinski definition) is 4. The zero-order valence-electron chi connectivity index (χ0n) is 16.8. The molecule has 154 valence electrons. The third-order valence-electron chi connectivity index (χ3n) is 5.54. The Kier molecular flexibility index (Phi) is 7.82. The largest absolute Gasteiger partial charge is 0.466 e. The molecule has 1 unspecified atom stereocenters. The Labute approximate surface area is 167 Å². The third-order valence-corrected chi connectivity index (χ3v) is 5.54. The second-order valence-corrected chi connectivity index (χ2v) is 7.76. The first-order chi connectivity index (χ1) is 13.6. The number of morpholine rings is 1. The van der Waals surface area contributed by atoms with Crippen LogP contribution in [0.25, 0.3) is 0 Å². The molecular formula is C21H33N3O4+2. The lowest BCUT2D eigenvalue weighted by molar-refractivity contribution is -0.921. The van der Waals surface area contributed by atoms with E-state index in [2.05, 4.69) is 17.4 Å². The van der Waals surface area contributed by atoms with Gasteiger partial charge in [-0.05, 0) is 31.9 Å². The molecule has 2 saturated heterocycles. The minimum Gasteiger partial charge on any atom is -0.466 e. The van der Waals surface area contributed by atoms with Crippen molar-refractivity contribution in [2.75, 3.05) is 57.9 Å². The quantitative estimate of drug-likeness (QED) is 0.516. The molecule has 1 aromatic carbocycles. The lowest BCUT2D eigenvalue weighted by Gasteiger charge is -2.28. The highest BCUT2D eigenvalue weighted by Gasteiger charge is 2.30. The Hall–Kier alpha value is -1.96. The van der Waals surface area contributed by atoms with E-state index >= 15 is 0 Å². The number of nitrogens with one attached hydrogen (secondary N) is 3. The molecule has 2 fully saturated rings. The van der Waals surface area contributed by atoms with E-state index in [0.717, 1.165) is 62.8 Å². The summed E-state index contributed by atoms with van der Waals surface area (Å²) in [7, 11) is 0. The van der Waals surface area contributed by atoms with Crippen molar-refractivity contribution in [2.24, 2.45) is 5.92 Å². The summed E-state index contributed by atoms with van der Waals surface area (Å²) in [5.74, 6) is -0.220. The maximum Gasteiger partial charge on any atom is 0.314 e. The molecule has 0 aromatic heterocycles. The van der Waals surface area contributed by atoms with Crippen LogP contribution < -0.4 is 15.1 Å². The van der Waals surface area contributed by atoms with Crippen LogP contribution in [0, 0.1) is 5.92 Å². The predicted octanol–water partition coefficient (Wildman–Crippen LogP) is -1.10. The summed E-state index contributed by atoms with van der Waals surface area (Å²) in [6, 6.07) is 8.12. The number of carbonyl (C=O) groups is 2. The van der Waals surface area contributed by atoms with Crippen LogP contribution in [0.2, 0.25) is 0 Å². The van der Waals surface area contributed by atoms with Gasteiger partial charge in [0.25, 0.3) is 5.91 Å². The predicted molar refractivity (Wildman–Crippen MR) is 105 cm³/mol. The number of carbonyl (C=O) groups excluding carboxylic acids is 2. The summed E-state index contributed by atoms with van der Waals surface area (Å²) >= 11 is 0. The number of amides is 1. The highest BCUT2D eigenvalue weighted by molar-refractivity contribution is 5.91. The van der Waals surface area contributed by atoms with Crippen molar-refractivity contribution in [3.05, 3.63) is 29.8 Å². The molecule has 0 saturated carbocycles. The molecule has 28 heavy (non-hydrogen) atoms. The molecule has 2 aliphatic rings. The smallest absolute Gasteiger partial charge is 0.314 e. The van der Waals surface area contributed by atoms with E-state index in [1.54, 1.807) is 0 Å². The molecule has 0 spiro atoms. The third kappa shape index (κ3) is 6.29. The molecule has 2 aliphatic heterocycles. The topological polar surface area (TPSA) is 73.5 Å². The first-order valence-electron chi connectivity index (χ1n) is 10.4. The van der Waals surface area contributed by atoms with Gasteiger partial charge in [-0.15, -0.1) is 0 Å². The van der Waals surface area contributed by atoms with Crippen LogP contribution in [0.5, 0.6) is 0 Å². The van der Waals surface area contributed by atoms with E-state index in [1.165, 1.54) is 10.5 Å². The maximum atomic E-state index is 12.4. The maximum absolute atomic E-state index is 12.4. The molecule has 3 N–H and O–H groups in total. The highest BCUT2D eigenvalue weighted by Crippen LogP contribution is 2.10. The van der Waals surface area contributed by atoms with Gasteiger partial charge in [-0.25, -0.2) is 0 Å². The molecule has 7 nitrogen and oxygen atoms in total. The Morgan fingerprint density at radius 3 is 2.61 bits per heavy atom. The van der Waals surface area contributed by atoms with Gasteiger partial charge in [0.15, 0.2) is 6.54 Å². The molecule has 1 amide bonds. The van der Waals surface area contributed by atoms with Crippen molar-refractivity contribution in [3.8, 4) is 0 Å². The number of piperidine rings is 1. The van der Waals surface area contributed by atoms with Crippen molar-refractivity contribution in [1.82, 2.24) is 0 Å². The number of anilines is 1. The Morgan fingerprint density at radius 2 is 1.89 bits per heavy atom. The van der Waals surface area contributed by atoms with Crippen molar-refractivity contribution < 1.29 is 28.9 Å². The molecule has 2 heterocycles. The van der Waals surface area contributed by atoms with Gasteiger partial charge < -0.3 is 24.6 Å². The fourth-order valence-corrected chi connectivity index (χ4v) is 4.04. The molecule has 0 radical (unpaired) electrons. The first kappa shape index (κ1) is 20.8. The summed E-state index contributed by atoms with van der Waals surface area (Å²) < 4.78 is 10.5. The summed E-state index contributed by atoms with van der Waals surface area (Å²) in [6.45, 7) is 8.96. The highest BCUT2D eigenvalue weighted by atomic mass is 16.5. The number of rotatable bonds is 7. The van der Waals surface area contributed by atoms with Crippen LogP contribution in [0.1, 0.15) is 25.3 Å². The fourth-order valence-electron chi connectivity index (χ4n) is 4.04. The van der Waals surface area contributed by atoms with Crippen molar-refractivity contribution in [3.63, 3.8) is 0 Å². The average molecular weight is 392 g/mol. The van der Waals surface area contributed by atoms with Crippen molar-refractivity contribution in [2.45, 2.75) is 26.3 Å². The lowest BCUT2D eigenvalue weighted by atomic mass is 9.98. The molecule has 0 aliphatic carbocycles. The van der Waals surface area contributed by atoms with Gasteiger partial charge in [-0.2, -0.15) is 0 Å². The fraction of sp³-hybridized carbons (Fsp3) is 0.619. The number of hydrogen-bond donors (Lipinski definition) is 3. The number of likely N-dealkylation sites (tertiary alicyclic amines) is 1. The van der Waals surface area contributed by atoms with E-state index < -0.39 is 0 Å². The van der Waals surface area contributed by atoms with E-state index in [9.17, 15) is 9.59 Å². The Morgan fingerprint density at radius 1 is 1.14 bits per heavy atom. The Balaban J connectivity index is 1.44. The van der Waals surface area contributed by atoms with E-state index in [-0.39, 0.29) is 17.8 Å². The lowest BCUT2D eigenvalue weighted by Crippen LogP contribution is -3.14. The molecule has 2 atom stereocenters. The Bertz CT molecular complexity index is 644. The van der Waals surface area contributed by atoms with Crippen molar-refractivity contribution in [1.29, 1.82) is 0 Å². The number of esters is 1. The van der Waals surface area contributed by atoms with Gasteiger partial charge in [0.05, 0.1) is 32.9 Å². The van der Waals surface area contributed by atoms with Gasteiger partial charge in [0, 0.05) is 11.3 Å². The van der Waals surface area contributed by atoms with Gasteiger partial charge in [0.1, 0.15) is 25.6 Å². The normalized spacial score (nSPS) is 23.2. The summed E-state index contributed by atoms with van der Waals surface area (Å²) in [5, 5.41) is 2.99. The minimum atomic E-state index is -0.127. The zero-order chi connectivity index (χ0) is 19.8. The van der Waals surface area contributed by atoms with Gasteiger partial charge in [0.2, 0.25) is 0 Å². The van der Waals surface area contributed by atoms with E-state index in [1.807, 2.05) is 19.1 Å². The van der Waals surface area contributed by atoms with E-state index in [0.29, 0.717) is 19.7 Å². The number of ether oxygens (including phenoxy) is 2. The summed E-state index contributed by atoms with van der Waals surface area (Å²) in [4.78, 5) is 27.1. The summed E-state index contributed by atoms with van der Waals surface area (Å²) in [5.41, 5.74) is 2.10. The average Bonchev–Trinajstić information content (AvgIpc) is 2.70. The van der Waals surface area contributed by atoms with Crippen LogP contribution in [-0.4, -0.2) is 64.4 Å². The van der Waals surface area contributed by atoms with Crippen LogP contribution in [0.3, 0.4) is 0 Å².